The molecular weight excluding hydrogens is 476 g/mol. The fraction of sp³-hybridized carbons (Fsp3) is 0.250. The molecule has 0 aromatic heterocycles. The number of sulfonamides is 2. The molecule has 10 heteroatoms. The quantitative estimate of drug-likeness (QED) is 0.529. The smallest absolute Gasteiger partial charge is 0.234 e. The number of benzene rings is 3. The fourth-order valence-electron chi connectivity index (χ4n) is 4.10. The number of ether oxygens (including phenoxy) is 2. The fourth-order valence-corrected chi connectivity index (χ4v) is 5.57. The van der Waals surface area contributed by atoms with Crippen molar-refractivity contribution in [3.63, 3.8) is 0 Å². The van der Waals surface area contributed by atoms with E-state index in [1.54, 1.807) is 44.4 Å². The van der Waals surface area contributed by atoms with Crippen LogP contribution in [0.5, 0.6) is 11.5 Å². The van der Waals surface area contributed by atoms with Crippen LogP contribution in [0.25, 0.3) is 11.1 Å². The van der Waals surface area contributed by atoms with Gasteiger partial charge in [-0.15, -0.1) is 0 Å². The molecule has 1 heterocycles. The zero-order valence-electron chi connectivity index (χ0n) is 19.1. The molecule has 4 rings (SSSR count). The summed E-state index contributed by atoms with van der Waals surface area (Å²) in [5.74, 6) is 0.888. The maximum atomic E-state index is 12.4. The van der Waals surface area contributed by atoms with Gasteiger partial charge < -0.3 is 9.47 Å². The van der Waals surface area contributed by atoms with Gasteiger partial charge in [-0.1, -0.05) is 36.4 Å². The Morgan fingerprint density at radius 1 is 1.03 bits per heavy atom. The highest BCUT2D eigenvalue weighted by Gasteiger charge is 2.31. The van der Waals surface area contributed by atoms with Crippen LogP contribution >= 0.6 is 0 Å². The van der Waals surface area contributed by atoms with Crippen LogP contribution in [0.15, 0.2) is 60.7 Å². The Kier molecular flexibility index (Phi) is 6.32. The summed E-state index contributed by atoms with van der Waals surface area (Å²) in [5.41, 5.74) is 4.08. The minimum atomic E-state index is -3.74. The van der Waals surface area contributed by atoms with Crippen LogP contribution in [0.1, 0.15) is 29.7 Å². The van der Waals surface area contributed by atoms with Crippen molar-refractivity contribution in [2.75, 3.05) is 24.2 Å². The van der Waals surface area contributed by atoms with Crippen LogP contribution in [0, 0.1) is 0 Å². The summed E-state index contributed by atoms with van der Waals surface area (Å²) in [4.78, 5) is 0. The van der Waals surface area contributed by atoms with Crippen LogP contribution in [0.3, 0.4) is 0 Å². The highest BCUT2D eigenvalue weighted by molar-refractivity contribution is 7.92. The summed E-state index contributed by atoms with van der Waals surface area (Å²) in [6, 6.07) is 17.9. The number of fused-ring (bicyclic) bond motifs is 3. The second kappa shape index (κ2) is 8.94. The summed E-state index contributed by atoms with van der Waals surface area (Å²) >= 11 is 0. The van der Waals surface area contributed by atoms with Crippen molar-refractivity contribution in [1.82, 2.24) is 0 Å². The SMILES string of the molecule is CCS(=O)(=O)N(C)c1cccc(C2Oc3cccc(OC)c3-c3ccc(CS(N)(=O)=O)cc32)c1. The van der Waals surface area contributed by atoms with Crippen molar-refractivity contribution >= 4 is 25.7 Å². The third kappa shape index (κ3) is 4.61. The van der Waals surface area contributed by atoms with Gasteiger partial charge in [-0.05, 0) is 47.9 Å². The molecule has 0 aliphatic carbocycles. The minimum Gasteiger partial charge on any atom is -0.496 e. The molecule has 3 aromatic carbocycles. The Labute approximate surface area is 200 Å². The molecule has 0 amide bonds. The van der Waals surface area contributed by atoms with Gasteiger partial charge in [-0.2, -0.15) is 0 Å². The Bertz CT molecular complexity index is 1450. The minimum absolute atomic E-state index is 0.0272. The molecule has 3 aromatic rings. The lowest BCUT2D eigenvalue weighted by atomic mass is 9.88. The molecule has 0 spiro atoms. The highest BCUT2D eigenvalue weighted by atomic mass is 32.2. The number of nitrogens with zero attached hydrogens (tertiary/aromatic N) is 1. The lowest BCUT2D eigenvalue weighted by Gasteiger charge is -2.31. The second-order valence-corrected chi connectivity index (χ2v) is 11.9. The summed E-state index contributed by atoms with van der Waals surface area (Å²) < 4.78 is 61.5. The van der Waals surface area contributed by atoms with Gasteiger partial charge in [-0.25, -0.2) is 22.0 Å². The first-order chi connectivity index (χ1) is 16.0. The van der Waals surface area contributed by atoms with Crippen molar-refractivity contribution in [2.24, 2.45) is 5.14 Å². The van der Waals surface area contributed by atoms with Crippen molar-refractivity contribution in [3.05, 3.63) is 77.4 Å². The highest BCUT2D eigenvalue weighted by Crippen LogP contribution is 2.49. The summed E-state index contributed by atoms with van der Waals surface area (Å²) in [7, 11) is -4.10. The average Bonchev–Trinajstić information content (AvgIpc) is 2.81. The second-order valence-electron chi connectivity index (χ2n) is 8.02. The van der Waals surface area contributed by atoms with E-state index in [4.69, 9.17) is 14.6 Å². The zero-order chi connectivity index (χ0) is 24.7. The van der Waals surface area contributed by atoms with E-state index < -0.39 is 26.2 Å². The van der Waals surface area contributed by atoms with Gasteiger partial charge in [0, 0.05) is 12.6 Å². The first-order valence-electron chi connectivity index (χ1n) is 10.6. The number of methoxy groups -OCH3 is 1. The Morgan fingerprint density at radius 3 is 2.44 bits per heavy atom. The number of rotatable bonds is 7. The van der Waals surface area contributed by atoms with E-state index in [-0.39, 0.29) is 11.5 Å². The summed E-state index contributed by atoms with van der Waals surface area (Å²) in [5, 5.41) is 5.28. The molecule has 0 radical (unpaired) electrons. The Morgan fingerprint density at radius 2 is 1.76 bits per heavy atom. The Hall–Kier alpha value is -3.08. The van der Waals surface area contributed by atoms with E-state index in [1.807, 2.05) is 30.3 Å². The number of hydrogen-bond donors (Lipinski definition) is 1. The number of primary sulfonamides is 1. The molecule has 34 heavy (non-hydrogen) atoms. The van der Waals surface area contributed by atoms with E-state index in [0.717, 1.165) is 22.3 Å². The van der Waals surface area contributed by atoms with E-state index in [9.17, 15) is 16.8 Å². The maximum Gasteiger partial charge on any atom is 0.234 e. The summed E-state index contributed by atoms with van der Waals surface area (Å²) in [6.07, 6.45) is -0.604. The molecule has 1 atom stereocenters. The summed E-state index contributed by atoms with van der Waals surface area (Å²) in [6.45, 7) is 1.59. The molecule has 1 aliphatic heterocycles. The van der Waals surface area contributed by atoms with Crippen LogP contribution in [-0.2, 0) is 25.8 Å². The molecule has 0 saturated carbocycles. The molecule has 0 bridgehead atoms. The standard InChI is InChI=1S/C24H26N2O6S2/c1-4-34(29,30)26(2)18-8-5-7-17(14-18)24-20-13-16(15-33(25,27)28)11-12-19(20)23-21(31-3)9-6-10-22(23)32-24/h5-14,24H,4,15H2,1-3H3,(H2,25,27,28). The molecule has 0 saturated heterocycles. The number of nitrogens with two attached hydrogens (primary N) is 1. The molecule has 1 aliphatic rings. The lowest BCUT2D eigenvalue weighted by Crippen LogP contribution is -2.28. The van der Waals surface area contributed by atoms with Gasteiger partial charge in [-0.3, -0.25) is 4.31 Å². The number of hydrogen-bond acceptors (Lipinski definition) is 6. The van der Waals surface area contributed by atoms with E-state index in [2.05, 4.69) is 0 Å². The first-order valence-corrected chi connectivity index (χ1v) is 13.9. The van der Waals surface area contributed by atoms with Gasteiger partial charge in [0.25, 0.3) is 0 Å². The third-order valence-electron chi connectivity index (χ3n) is 5.81. The normalized spacial score (nSPS) is 15.1. The molecule has 0 fully saturated rings. The van der Waals surface area contributed by atoms with Crippen LogP contribution in [0.2, 0.25) is 0 Å². The van der Waals surface area contributed by atoms with E-state index in [1.165, 1.54) is 11.4 Å². The average molecular weight is 503 g/mol. The molecular formula is C24H26N2O6S2. The van der Waals surface area contributed by atoms with Gasteiger partial charge in [0.2, 0.25) is 20.0 Å². The van der Waals surface area contributed by atoms with Crippen LogP contribution in [0.4, 0.5) is 5.69 Å². The number of anilines is 1. The van der Waals surface area contributed by atoms with Gasteiger partial charge in [0.15, 0.2) is 0 Å². The largest absolute Gasteiger partial charge is 0.496 e. The third-order valence-corrected chi connectivity index (χ3v) is 8.32. The van der Waals surface area contributed by atoms with E-state index in [0.29, 0.717) is 22.7 Å². The van der Waals surface area contributed by atoms with Gasteiger partial charge in [0.1, 0.15) is 17.6 Å². The van der Waals surface area contributed by atoms with Crippen molar-refractivity contribution in [2.45, 2.75) is 18.8 Å². The lowest BCUT2D eigenvalue weighted by molar-refractivity contribution is 0.242. The molecule has 1 unspecified atom stereocenters. The first kappa shape index (κ1) is 24.1. The van der Waals surface area contributed by atoms with E-state index >= 15 is 0 Å². The molecule has 2 N–H and O–H groups in total. The van der Waals surface area contributed by atoms with Crippen LogP contribution in [-0.4, -0.2) is 36.7 Å². The van der Waals surface area contributed by atoms with Crippen LogP contribution < -0.4 is 18.9 Å². The predicted octanol–water partition coefficient (Wildman–Crippen LogP) is 3.42. The topological polar surface area (TPSA) is 116 Å². The zero-order valence-corrected chi connectivity index (χ0v) is 20.7. The van der Waals surface area contributed by atoms with Gasteiger partial charge >= 0.3 is 0 Å². The molecule has 8 nitrogen and oxygen atoms in total. The monoisotopic (exact) mass is 502 g/mol. The van der Waals surface area contributed by atoms with Gasteiger partial charge in [0.05, 0.1) is 29.9 Å². The van der Waals surface area contributed by atoms with Crippen molar-refractivity contribution in [1.29, 1.82) is 0 Å². The predicted molar refractivity (Wildman–Crippen MR) is 132 cm³/mol. The van der Waals surface area contributed by atoms with Crippen molar-refractivity contribution < 1.29 is 26.3 Å². The Balaban J connectivity index is 1.89. The molecule has 180 valence electrons. The maximum absolute atomic E-state index is 12.4. The van der Waals surface area contributed by atoms with Crippen molar-refractivity contribution in [3.8, 4) is 22.6 Å².